The van der Waals surface area contributed by atoms with E-state index in [9.17, 15) is 4.79 Å². The Bertz CT molecular complexity index is 709. The van der Waals surface area contributed by atoms with Crippen LogP contribution >= 0.6 is 0 Å². The first-order valence-corrected chi connectivity index (χ1v) is 7.16. The Kier molecular flexibility index (Phi) is 3.75. The zero-order valence-corrected chi connectivity index (χ0v) is 13.0. The van der Waals surface area contributed by atoms with Gasteiger partial charge in [0.05, 0.1) is 5.69 Å². The summed E-state index contributed by atoms with van der Waals surface area (Å²) in [6, 6.07) is 7.69. The first-order valence-electron chi connectivity index (χ1n) is 7.16. The first-order chi connectivity index (χ1) is 10.5. The van der Waals surface area contributed by atoms with Crippen molar-refractivity contribution in [2.24, 2.45) is 0 Å². The van der Waals surface area contributed by atoms with E-state index in [-0.39, 0.29) is 19.2 Å². The molecule has 0 radical (unpaired) electrons. The van der Waals surface area contributed by atoms with Gasteiger partial charge in [0, 0.05) is 19.3 Å². The van der Waals surface area contributed by atoms with Gasteiger partial charge < -0.3 is 14.4 Å². The number of carbonyl (C=O) groups excluding carboxylic acids is 1. The van der Waals surface area contributed by atoms with Crippen molar-refractivity contribution >= 4 is 5.91 Å². The quantitative estimate of drug-likeness (QED) is 0.865. The molecule has 0 bridgehead atoms. The van der Waals surface area contributed by atoms with Crippen molar-refractivity contribution in [1.29, 1.82) is 0 Å². The van der Waals surface area contributed by atoms with Gasteiger partial charge >= 0.3 is 0 Å². The number of nitrogens with zero attached hydrogens (tertiary/aromatic N) is 3. The SMILES string of the molecule is Cc1cc(C)n(CC(=O)N(C)Cc2ccc3c(c2)OCO3)n1. The molecule has 0 fully saturated rings. The highest BCUT2D eigenvalue weighted by molar-refractivity contribution is 5.75. The number of fused-ring (bicyclic) bond motifs is 1. The number of hydrogen-bond acceptors (Lipinski definition) is 4. The number of likely N-dealkylation sites (N-methyl/N-ethyl adjacent to an activating group) is 1. The summed E-state index contributed by atoms with van der Waals surface area (Å²) in [6.45, 7) is 4.90. The molecule has 0 spiro atoms. The molecule has 1 aliphatic heterocycles. The Morgan fingerprint density at radius 1 is 1.27 bits per heavy atom. The largest absolute Gasteiger partial charge is 0.454 e. The number of aromatic nitrogens is 2. The molecule has 1 aromatic heterocycles. The van der Waals surface area contributed by atoms with E-state index in [2.05, 4.69) is 5.10 Å². The van der Waals surface area contributed by atoms with E-state index in [1.807, 2.05) is 38.1 Å². The molecule has 3 rings (SSSR count). The first kappa shape index (κ1) is 14.4. The van der Waals surface area contributed by atoms with Crippen molar-refractivity contribution in [2.75, 3.05) is 13.8 Å². The van der Waals surface area contributed by atoms with Gasteiger partial charge in [-0.15, -0.1) is 0 Å². The summed E-state index contributed by atoms with van der Waals surface area (Å²) >= 11 is 0. The summed E-state index contributed by atoms with van der Waals surface area (Å²) < 4.78 is 12.4. The molecule has 6 nitrogen and oxygen atoms in total. The number of benzene rings is 1. The molecule has 2 heterocycles. The van der Waals surface area contributed by atoms with Crippen molar-refractivity contribution in [3.63, 3.8) is 0 Å². The standard InChI is InChI=1S/C16H19N3O3/c1-11-6-12(2)19(17-11)9-16(20)18(3)8-13-4-5-14-15(7-13)22-10-21-14/h4-7H,8-10H2,1-3H3. The van der Waals surface area contributed by atoms with Gasteiger partial charge in [0.15, 0.2) is 11.5 Å². The number of carbonyl (C=O) groups is 1. The zero-order valence-electron chi connectivity index (χ0n) is 13.0. The molecule has 116 valence electrons. The molecular formula is C16H19N3O3. The van der Waals surface area contributed by atoms with Crippen LogP contribution in [-0.4, -0.2) is 34.4 Å². The predicted octanol–water partition coefficient (Wildman–Crippen LogP) is 1.89. The molecule has 1 amide bonds. The summed E-state index contributed by atoms with van der Waals surface area (Å²) in [4.78, 5) is 14.0. The van der Waals surface area contributed by atoms with Crippen LogP contribution in [0, 0.1) is 13.8 Å². The molecular weight excluding hydrogens is 282 g/mol. The summed E-state index contributed by atoms with van der Waals surface area (Å²) in [5.74, 6) is 1.50. The van der Waals surface area contributed by atoms with Crippen molar-refractivity contribution in [3.05, 3.63) is 41.2 Å². The highest BCUT2D eigenvalue weighted by atomic mass is 16.7. The Morgan fingerprint density at radius 3 is 2.77 bits per heavy atom. The van der Waals surface area contributed by atoms with Crippen LogP contribution in [0.4, 0.5) is 0 Å². The lowest BCUT2D eigenvalue weighted by molar-refractivity contribution is -0.131. The number of aryl methyl sites for hydroxylation is 2. The van der Waals surface area contributed by atoms with Crippen LogP contribution in [0.5, 0.6) is 11.5 Å². The maximum atomic E-state index is 12.3. The Morgan fingerprint density at radius 2 is 2.05 bits per heavy atom. The normalized spacial score (nSPS) is 12.5. The van der Waals surface area contributed by atoms with E-state index in [4.69, 9.17) is 9.47 Å². The monoisotopic (exact) mass is 301 g/mol. The van der Waals surface area contributed by atoms with E-state index in [1.54, 1.807) is 16.6 Å². The molecule has 6 heteroatoms. The lowest BCUT2D eigenvalue weighted by Crippen LogP contribution is -2.30. The van der Waals surface area contributed by atoms with Crippen molar-refractivity contribution in [1.82, 2.24) is 14.7 Å². The highest BCUT2D eigenvalue weighted by Crippen LogP contribution is 2.32. The fraction of sp³-hybridized carbons (Fsp3) is 0.375. The van der Waals surface area contributed by atoms with Crippen LogP contribution in [0.2, 0.25) is 0 Å². The summed E-state index contributed by atoms with van der Waals surface area (Å²) in [6.07, 6.45) is 0. The van der Waals surface area contributed by atoms with Crippen LogP contribution in [-0.2, 0) is 17.9 Å². The molecule has 0 N–H and O–H groups in total. The predicted molar refractivity (Wildman–Crippen MR) is 80.7 cm³/mol. The van der Waals surface area contributed by atoms with E-state index in [0.29, 0.717) is 6.54 Å². The van der Waals surface area contributed by atoms with E-state index in [1.165, 1.54) is 0 Å². The number of ether oxygens (including phenoxy) is 2. The third-order valence-electron chi connectivity index (χ3n) is 3.67. The second-order valence-corrected chi connectivity index (χ2v) is 5.52. The Labute approximate surface area is 129 Å². The van der Waals surface area contributed by atoms with Gasteiger partial charge in [-0.25, -0.2) is 0 Å². The average molecular weight is 301 g/mol. The lowest BCUT2D eigenvalue weighted by Gasteiger charge is -2.18. The van der Waals surface area contributed by atoms with Gasteiger partial charge in [0.25, 0.3) is 0 Å². The van der Waals surface area contributed by atoms with Gasteiger partial charge in [-0.1, -0.05) is 6.07 Å². The highest BCUT2D eigenvalue weighted by Gasteiger charge is 2.16. The van der Waals surface area contributed by atoms with E-state index in [0.717, 1.165) is 28.5 Å². The number of rotatable bonds is 4. The van der Waals surface area contributed by atoms with Gasteiger partial charge in [0.1, 0.15) is 6.54 Å². The molecule has 22 heavy (non-hydrogen) atoms. The number of hydrogen-bond donors (Lipinski definition) is 0. The fourth-order valence-corrected chi connectivity index (χ4v) is 2.49. The topological polar surface area (TPSA) is 56.6 Å². The molecule has 0 unspecified atom stereocenters. The smallest absolute Gasteiger partial charge is 0.244 e. The second-order valence-electron chi connectivity index (χ2n) is 5.52. The van der Waals surface area contributed by atoms with Crippen LogP contribution in [0.25, 0.3) is 0 Å². The maximum absolute atomic E-state index is 12.3. The van der Waals surface area contributed by atoms with E-state index < -0.39 is 0 Å². The zero-order chi connectivity index (χ0) is 15.7. The minimum Gasteiger partial charge on any atom is -0.454 e. The number of amides is 1. The van der Waals surface area contributed by atoms with Gasteiger partial charge in [-0.05, 0) is 37.6 Å². The fourth-order valence-electron chi connectivity index (χ4n) is 2.49. The third kappa shape index (κ3) is 2.90. The van der Waals surface area contributed by atoms with Crippen LogP contribution in [0.3, 0.4) is 0 Å². The third-order valence-corrected chi connectivity index (χ3v) is 3.67. The molecule has 0 aliphatic carbocycles. The molecule has 0 atom stereocenters. The molecule has 1 aliphatic rings. The Balaban J connectivity index is 1.65. The maximum Gasteiger partial charge on any atom is 0.244 e. The minimum absolute atomic E-state index is 0.0175. The van der Waals surface area contributed by atoms with Gasteiger partial charge in [0.2, 0.25) is 12.7 Å². The van der Waals surface area contributed by atoms with Crippen molar-refractivity contribution < 1.29 is 14.3 Å². The van der Waals surface area contributed by atoms with Crippen LogP contribution in [0.15, 0.2) is 24.3 Å². The van der Waals surface area contributed by atoms with E-state index >= 15 is 0 Å². The molecule has 0 saturated carbocycles. The van der Waals surface area contributed by atoms with Crippen LogP contribution in [0.1, 0.15) is 17.0 Å². The van der Waals surface area contributed by atoms with Crippen molar-refractivity contribution in [3.8, 4) is 11.5 Å². The van der Waals surface area contributed by atoms with Crippen molar-refractivity contribution in [2.45, 2.75) is 26.9 Å². The lowest BCUT2D eigenvalue weighted by atomic mass is 10.2. The van der Waals surface area contributed by atoms with Gasteiger partial charge in [-0.3, -0.25) is 9.48 Å². The van der Waals surface area contributed by atoms with Gasteiger partial charge in [-0.2, -0.15) is 5.10 Å². The molecule has 2 aromatic rings. The van der Waals surface area contributed by atoms with Crippen LogP contribution < -0.4 is 9.47 Å². The minimum atomic E-state index is 0.0175. The second kappa shape index (κ2) is 5.71. The summed E-state index contributed by atoms with van der Waals surface area (Å²) in [5, 5.41) is 4.32. The summed E-state index contributed by atoms with van der Waals surface area (Å²) in [7, 11) is 1.79. The molecule has 0 saturated heterocycles. The average Bonchev–Trinajstić information content (AvgIpc) is 3.05. The Hall–Kier alpha value is -2.50. The summed E-state index contributed by atoms with van der Waals surface area (Å²) in [5.41, 5.74) is 2.92. The molecule has 1 aromatic carbocycles.